The van der Waals surface area contributed by atoms with Crippen LogP contribution >= 0.6 is 0 Å². The standard InChI is InChI=1S/C18H17F2N/c1-2-3-4-5-14-6-8-15(9-7-14)13-21-16-10-11-17(19)18(20)12-16/h2,6-13H,1,3-5H2. The molecule has 0 fully saturated rings. The van der Waals surface area contributed by atoms with Gasteiger partial charge in [-0.1, -0.05) is 30.3 Å². The highest BCUT2D eigenvalue weighted by Crippen LogP contribution is 2.16. The predicted molar refractivity (Wildman–Crippen MR) is 83.2 cm³/mol. The number of hydrogen-bond donors (Lipinski definition) is 0. The summed E-state index contributed by atoms with van der Waals surface area (Å²) in [5.74, 6) is -1.75. The maximum absolute atomic E-state index is 13.0. The van der Waals surface area contributed by atoms with Gasteiger partial charge in [0.2, 0.25) is 0 Å². The number of aryl methyl sites for hydroxylation is 1. The normalized spacial score (nSPS) is 11.0. The van der Waals surface area contributed by atoms with E-state index >= 15 is 0 Å². The molecule has 0 unspecified atom stereocenters. The molecule has 108 valence electrons. The third-order valence-electron chi connectivity index (χ3n) is 3.12. The Morgan fingerprint density at radius 1 is 1.00 bits per heavy atom. The van der Waals surface area contributed by atoms with E-state index in [-0.39, 0.29) is 0 Å². The molecule has 0 aliphatic carbocycles. The molecular formula is C18H17F2N. The molecule has 0 heterocycles. The first-order valence-electron chi connectivity index (χ1n) is 6.88. The van der Waals surface area contributed by atoms with Gasteiger partial charge in [0, 0.05) is 12.3 Å². The summed E-state index contributed by atoms with van der Waals surface area (Å²) in [6.45, 7) is 3.70. The molecular weight excluding hydrogens is 268 g/mol. The Morgan fingerprint density at radius 2 is 1.76 bits per heavy atom. The lowest BCUT2D eigenvalue weighted by Crippen LogP contribution is -1.87. The molecule has 2 aromatic carbocycles. The first-order chi connectivity index (χ1) is 10.2. The van der Waals surface area contributed by atoms with Crippen molar-refractivity contribution in [2.75, 3.05) is 0 Å². The summed E-state index contributed by atoms with van der Waals surface area (Å²) in [4.78, 5) is 4.14. The number of unbranched alkanes of at least 4 members (excludes halogenated alkanes) is 1. The monoisotopic (exact) mass is 285 g/mol. The Morgan fingerprint density at radius 3 is 2.43 bits per heavy atom. The third kappa shape index (κ3) is 4.63. The zero-order valence-electron chi connectivity index (χ0n) is 11.7. The number of nitrogens with zero attached hydrogens (tertiary/aromatic N) is 1. The Kier molecular flexibility index (Phi) is 5.38. The SMILES string of the molecule is C=CCCCc1ccc(C=Nc2ccc(F)c(F)c2)cc1. The highest BCUT2D eigenvalue weighted by molar-refractivity contribution is 5.81. The average Bonchev–Trinajstić information content (AvgIpc) is 2.50. The van der Waals surface area contributed by atoms with Crippen LogP contribution in [0.4, 0.5) is 14.5 Å². The van der Waals surface area contributed by atoms with Crippen LogP contribution in [0.1, 0.15) is 24.0 Å². The second-order valence-corrected chi connectivity index (χ2v) is 4.78. The fourth-order valence-electron chi connectivity index (χ4n) is 1.94. The van der Waals surface area contributed by atoms with Crippen LogP contribution in [0.3, 0.4) is 0 Å². The Bertz CT molecular complexity index is 630. The molecule has 0 amide bonds. The molecule has 0 saturated heterocycles. The fourth-order valence-corrected chi connectivity index (χ4v) is 1.94. The average molecular weight is 285 g/mol. The van der Waals surface area contributed by atoms with Crippen LogP contribution in [0.5, 0.6) is 0 Å². The van der Waals surface area contributed by atoms with Crippen molar-refractivity contribution in [1.29, 1.82) is 0 Å². The topological polar surface area (TPSA) is 12.4 Å². The highest BCUT2D eigenvalue weighted by Gasteiger charge is 2.00. The molecule has 0 aliphatic heterocycles. The Labute approximate surface area is 123 Å². The summed E-state index contributed by atoms with van der Waals surface area (Å²) in [7, 11) is 0. The van der Waals surface area contributed by atoms with Gasteiger partial charge in [-0.05, 0) is 42.5 Å². The maximum Gasteiger partial charge on any atom is 0.160 e. The van der Waals surface area contributed by atoms with Gasteiger partial charge in [0.1, 0.15) is 0 Å². The molecule has 0 bridgehead atoms. The molecule has 0 N–H and O–H groups in total. The van der Waals surface area contributed by atoms with E-state index in [1.165, 1.54) is 11.6 Å². The summed E-state index contributed by atoms with van der Waals surface area (Å²) < 4.78 is 25.9. The van der Waals surface area contributed by atoms with Crippen LogP contribution < -0.4 is 0 Å². The van der Waals surface area contributed by atoms with E-state index in [9.17, 15) is 8.78 Å². The van der Waals surface area contributed by atoms with Crippen LogP contribution in [0.15, 0.2) is 60.1 Å². The zero-order valence-corrected chi connectivity index (χ0v) is 11.7. The Balaban J connectivity index is 2.00. The molecule has 21 heavy (non-hydrogen) atoms. The number of benzene rings is 2. The molecule has 0 saturated carbocycles. The lowest BCUT2D eigenvalue weighted by atomic mass is 10.1. The Hall–Kier alpha value is -2.29. The summed E-state index contributed by atoms with van der Waals surface area (Å²) in [6.07, 6.45) is 6.68. The molecule has 2 aromatic rings. The second kappa shape index (κ2) is 7.48. The second-order valence-electron chi connectivity index (χ2n) is 4.78. The fraction of sp³-hybridized carbons (Fsp3) is 0.167. The van der Waals surface area contributed by atoms with Gasteiger partial charge in [-0.25, -0.2) is 8.78 Å². The molecule has 1 nitrogen and oxygen atoms in total. The van der Waals surface area contributed by atoms with Crippen molar-refractivity contribution >= 4 is 11.9 Å². The van der Waals surface area contributed by atoms with E-state index in [0.29, 0.717) is 5.69 Å². The molecule has 0 spiro atoms. The van der Waals surface area contributed by atoms with E-state index in [2.05, 4.69) is 23.7 Å². The number of allylic oxidation sites excluding steroid dienone is 1. The minimum Gasteiger partial charge on any atom is -0.256 e. The molecule has 0 aliphatic rings. The highest BCUT2D eigenvalue weighted by atomic mass is 19.2. The molecule has 0 aromatic heterocycles. The molecule has 0 atom stereocenters. The van der Waals surface area contributed by atoms with Gasteiger partial charge in [-0.2, -0.15) is 0 Å². The summed E-state index contributed by atoms with van der Waals surface area (Å²) in [5, 5.41) is 0. The van der Waals surface area contributed by atoms with Crippen molar-refractivity contribution in [3.8, 4) is 0 Å². The number of hydrogen-bond acceptors (Lipinski definition) is 1. The largest absolute Gasteiger partial charge is 0.256 e. The lowest BCUT2D eigenvalue weighted by Gasteiger charge is -2.00. The van der Waals surface area contributed by atoms with Crippen molar-refractivity contribution < 1.29 is 8.78 Å². The van der Waals surface area contributed by atoms with Crippen molar-refractivity contribution in [2.45, 2.75) is 19.3 Å². The molecule has 0 radical (unpaired) electrons. The summed E-state index contributed by atoms with van der Waals surface area (Å²) in [6, 6.07) is 11.6. The van der Waals surface area contributed by atoms with Gasteiger partial charge >= 0.3 is 0 Å². The summed E-state index contributed by atoms with van der Waals surface area (Å²) in [5.41, 5.74) is 2.58. The zero-order chi connectivity index (χ0) is 15.1. The number of aliphatic imine (C=N–C) groups is 1. The van der Waals surface area contributed by atoms with Crippen LogP contribution in [0.2, 0.25) is 0 Å². The van der Waals surface area contributed by atoms with Crippen LogP contribution in [-0.4, -0.2) is 6.21 Å². The number of rotatable bonds is 6. The third-order valence-corrected chi connectivity index (χ3v) is 3.12. The van der Waals surface area contributed by atoms with Crippen molar-refractivity contribution in [1.82, 2.24) is 0 Å². The molecule has 3 heteroatoms. The maximum atomic E-state index is 13.0. The predicted octanol–water partition coefficient (Wildman–Crippen LogP) is 5.22. The lowest BCUT2D eigenvalue weighted by molar-refractivity contribution is 0.509. The molecule has 2 rings (SSSR count). The van der Waals surface area contributed by atoms with E-state index < -0.39 is 11.6 Å². The van der Waals surface area contributed by atoms with Gasteiger partial charge < -0.3 is 0 Å². The quantitative estimate of drug-likeness (QED) is 0.392. The van der Waals surface area contributed by atoms with Crippen molar-refractivity contribution in [2.24, 2.45) is 4.99 Å². The minimum atomic E-state index is -0.887. The van der Waals surface area contributed by atoms with Crippen molar-refractivity contribution in [3.05, 3.63) is 77.9 Å². The van der Waals surface area contributed by atoms with E-state index in [1.807, 2.05) is 18.2 Å². The summed E-state index contributed by atoms with van der Waals surface area (Å²) >= 11 is 0. The van der Waals surface area contributed by atoms with Crippen LogP contribution in [0.25, 0.3) is 0 Å². The van der Waals surface area contributed by atoms with Gasteiger partial charge in [0.25, 0.3) is 0 Å². The van der Waals surface area contributed by atoms with E-state index in [4.69, 9.17) is 0 Å². The first-order valence-corrected chi connectivity index (χ1v) is 6.88. The van der Waals surface area contributed by atoms with Gasteiger partial charge in [0.15, 0.2) is 11.6 Å². The van der Waals surface area contributed by atoms with Crippen LogP contribution in [-0.2, 0) is 6.42 Å². The van der Waals surface area contributed by atoms with E-state index in [0.717, 1.165) is 37.0 Å². The van der Waals surface area contributed by atoms with Crippen molar-refractivity contribution in [3.63, 3.8) is 0 Å². The van der Waals surface area contributed by atoms with Gasteiger partial charge in [0.05, 0.1) is 5.69 Å². The van der Waals surface area contributed by atoms with Crippen LogP contribution in [0, 0.1) is 11.6 Å². The number of halogens is 2. The van der Waals surface area contributed by atoms with E-state index in [1.54, 1.807) is 6.21 Å². The smallest absolute Gasteiger partial charge is 0.160 e. The van der Waals surface area contributed by atoms with Gasteiger partial charge in [-0.3, -0.25) is 4.99 Å². The first kappa shape index (κ1) is 15.1. The minimum absolute atomic E-state index is 0.393. The van der Waals surface area contributed by atoms with Gasteiger partial charge in [-0.15, -0.1) is 6.58 Å².